The lowest BCUT2D eigenvalue weighted by Gasteiger charge is -2.11. The average molecular weight is 257 g/mol. The molecular formula is C15H15NO3. The van der Waals surface area contributed by atoms with E-state index in [1.54, 1.807) is 18.2 Å². The highest BCUT2D eigenvalue weighted by Gasteiger charge is 2.10. The number of carbonyl (C=O) groups excluding carboxylic acids is 1. The number of amides is 1. The number of aromatic carboxylic acids is 1. The van der Waals surface area contributed by atoms with Gasteiger partial charge in [-0.1, -0.05) is 32.0 Å². The molecule has 2 aromatic rings. The molecule has 0 heterocycles. The van der Waals surface area contributed by atoms with Gasteiger partial charge < -0.3 is 10.4 Å². The van der Waals surface area contributed by atoms with Crippen molar-refractivity contribution < 1.29 is 14.7 Å². The fraction of sp³-hybridized carbons (Fsp3) is 0.200. The van der Waals surface area contributed by atoms with Crippen LogP contribution in [-0.2, 0) is 4.79 Å². The highest BCUT2D eigenvalue weighted by Crippen LogP contribution is 2.25. The van der Waals surface area contributed by atoms with E-state index in [0.717, 1.165) is 10.8 Å². The van der Waals surface area contributed by atoms with E-state index in [-0.39, 0.29) is 17.4 Å². The Bertz CT molecular complexity index is 647. The maximum atomic E-state index is 11.7. The molecule has 0 fully saturated rings. The highest BCUT2D eigenvalue weighted by atomic mass is 16.4. The Kier molecular flexibility index (Phi) is 3.51. The molecule has 0 unspecified atom stereocenters. The van der Waals surface area contributed by atoms with Crippen LogP contribution in [0.5, 0.6) is 0 Å². The van der Waals surface area contributed by atoms with Crippen LogP contribution < -0.4 is 5.32 Å². The van der Waals surface area contributed by atoms with Gasteiger partial charge in [-0.05, 0) is 23.6 Å². The van der Waals surface area contributed by atoms with E-state index in [0.29, 0.717) is 5.69 Å². The Morgan fingerprint density at radius 1 is 1.16 bits per heavy atom. The van der Waals surface area contributed by atoms with Gasteiger partial charge in [-0.15, -0.1) is 0 Å². The zero-order chi connectivity index (χ0) is 14.0. The maximum Gasteiger partial charge on any atom is 0.335 e. The number of benzene rings is 2. The van der Waals surface area contributed by atoms with Crippen molar-refractivity contribution in [1.29, 1.82) is 0 Å². The van der Waals surface area contributed by atoms with E-state index >= 15 is 0 Å². The number of carboxylic acids is 1. The van der Waals surface area contributed by atoms with Gasteiger partial charge in [0.1, 0.15) is 0 Å². The monoisotopic (exact) mass is 257 g/mol. The average Bonchev–Trinajstić information content (AvgIpc) is 2.38. The van der Waals surface area contributed by atoms with Crippen LogP contribution in [0.3, 0.4) is 0 Å². The maximum absolute atomic E-state index is 11.7. The molecule has 0 saturated heterocycles. The van der Waals surface area contributed by atoms with Crippen LogP contribution in [0.4, 0.5) is 5.69 Å². The zero-order valence-corrected chi connectivity index (χ0v) is 10.8. The van der Waals surface area contributed by atoms with Crippen LogP contribution >= 0.6 is 0 Å². The summed E-state index contributed by atoms with van der Waals surface area (Å²) in [5, 5.41) is 13.4. The molecule has 0 aliphatic carbocycles. The van der Waals surface area contributed by atoms with Crippen molar-refractivity contribution in [1.82, 2.24) is 0 Å². The lowest BCUT2D eigenvalue weighted by Crippen LogP contribution is -2.17. The van der Waals surface area contributed by atoms with Gasteiger partial charge in [0.25, 0.3) is 0 Å². The molecule has 0 atom stereocenters. The van der Waals surface area contributed by atoms with Gasteiger partial charge in [0, 0.05) is 17.0 Å². The second kappa shape index (κ2) is 5.10. The van der Waals surface area contributed by atoms with E-state index in [1.165, 1.54) is 6.07 Å². The minimum Gasteiger partial charge on any atom is -0.478 e. The van der Waals surface area contributed by atoms with Crippen LogP contribution in [0.25, 0.3) is 10.8 Å². The van der Waals surface area contributed by atoms with Crippen LogP contribution in [0.2, 0.25) is 0 Å². The van der Waals surface area contributed by atoms with Gasteiger partial charge in [-0.3, -0.25) is 4.79 Å². The summed E-state index contributed by atoms with van der Waals surface area (Å²) in [4.78, 5) is 22.7. The van der Waals surface area contributed by atoms with Crippen LogP contribution in [-0.4, -0.2) is 17.0 Å². The summed E-state index contributed by atoms with van der Waals surface area (Å²) in [6, 6.07) is 10.3. The quantitative estimate of drug-likeness (QED) is 0.887. The molecule has 2 N–H and O–H groups in total. The Hall–Kier alpha value is -2.36. The summed E-state index contributed by atoms with van der Waals surface area (Å²) >= 11 is 0. The molecule has 4 nitrogen and oxygen atoms in total. The number of hydrogen-bond acceptors (Lipinski definition) is 2. The molecule has 0 spiro atoms. The molecule has 4 heteroatoms. The van der Waals surface area contributed by atoms with E-state index < -0.39 is 5.97 Å². The fourth-order valence-electron chi connectivity index (χ4n) is 1.80. The predicted molar refractivity (Wildman–Crippen MR) is 74.4 cm³/mol. The third kappa shape index (κ3) is 2.73. The number of rotatable bonds is 3. The fourth-order valence-corrected chi connectivity index (χ4v) is 1.80. The van der Waals surface area contributed by atoms with Gasteiger partial charge in [-0.2, -0.15) is 0 Å². The Balaban J connectivity index is 2.46. The Labute approximate surface area is 111 Å². The molecule has 0 radical (unpaired) electrons. The van der Waals surface area contributed by atoms with Gasteiger partial charge in [0.15, 0.2) is 0 Å². The molecule has 0 bridgehead atoms. The van der Waals surface area contributed by atoms with Crippen molar-refractivity contribution in [3.63, 3.8) is 0 Å². The molecule has 0 aliphatic rings. The third-order valence-corrected chi connectivity index (χ3v) is 2.91. The van der Waals surface area contributed by atoms with Crippen molar-refractivity contribution >= 4 is 28.3 Å². The van der Waals surface area contributed by atoms with Crippen molar-refractivity contribution in [2.24, 2.45) is 5.92 Å². The molecule has 0 saturated carbocycles. The van der Waals surface area contributed by atoms with Gasteiger partial charge in [-0.25, -0.2) is 4.79 Å². The minimum atomic E-state index is -0.960. The smallest absolute Gasteiger partial charge is 0.335 e. The second-order valence-electron chi connectivity index (χ2n) is 4.69. The molecule has 0 aliphatic heterocycles. The summed E-state index contributed by atoms with van der Waals surface area (Å²) < 4.78 is 0. The van der Waals surface area contributed by atoms with Crippen LogP contribution in [0.15, 0.2) is 36.4 Å². The molecular weight excluding hydrogens is 242 g/mol. The predicted octanol–water partition coefficient (Wildman–Crippen LogP) is 3.13. The first kappa shape index (κ1) is 13.1. The summed E-state index contributed by atoms with van der Waals surface area (Å²) in [6.07, 6.45) is 0. The normalized spacial score (nSPS) is 10.7. The number of nitrogens with one attached hydrogen (secondary N) is 1. The van der Waals surface area contributed by atoms with Crippen LogP contribution in [0, 0.1) is 5.92 Å². The van der Waals surface area contributed by atoms with Crippen molar-refractivity contribution in [2.75, 3.05) is 5.32 Å². The van der Waals surface area contributed by atoms with Crippen molar-refractivity contribution in [3.05, 3.63) is 42.0 Å². The summed E-state index contributed by atoms with van der Waals surface area (Å²) in [6.45, 7) is 3.64. The first-order valence-electron chi connectivity index (χ1n) is 6.06. The molecule has 2 aromatic carbocycles. The lowest BCUT2D eigenvalue weighted by molar-refractivity contribution is -0.118. The van der Waals surface area contributed by atoms with Gasteiger partial charge in [0.05, 0.1) is 5.56 Å². The van der Waals surface area contributed by atoms with E-state index in [4.69, 9.17) is 5.11 Å². The standard InChI is InChI=1S/C15H15NO3/c1-9(2)14(17)16-13-5-3-4-10-8-11(15(18)19)6-7-12(10)13/h3-9H,1-2H3,(H,16,17)(H,18,19). The van der Waals surface area contributed by atoms with Crippen LogP contribution in [0.1, 0.15) is 24.2 Å². The third-order valence-electron chi connectivity index (χ3n) is 2.91. The second-order valence-corrected chi connectivity index (χ2v) is 4.69. The van der Waals surface area contributed by atoms with Crippen molar-refractivity contribution in [3.8, 4) is 0 Å². The largest absolute Gasteiger partial charge is 0.478 e. The van der Waals surface area contributed by atoms with Gasteiger partial charge >= 0.3 is 5.97 Å². The lowest BCUT2D eigenvalue weighted by atomic mass is 10.0. The number of carboxylic acid groups (broad SMARTS) is 1. The van der Waals surface area contributed by atoms with Crippen molar-refractivity contribution in [2.45, 2.75) is 13.8 Å². The van der Waals surface area contributed by atoms with E-state index in [1.807, 2.05) is 26.0 Å². The number of fused-ring (bicyclic) bond motifs is 1. The summed E-state index contributed by atoms with van der Waals surface area (Å²) in [7, 11) is 0. The van der Waals surface area contributed by atoms with Gasteiger partial charge in [0.2, 0.25) is 5.91 Å². The zero-order valence-electron chi connectivity index (χ0n) is 10.8. The highest BCUT2D eigenvalue weighted by molar-refractivity contribution is 6.04. The minimum absolute atomic E-state index is 0.0604. The number of carbonyl (C=O) groups is 2. The first-order valence-corrected chi connectivity index (χ1v) is 6.06. The topological polar surface area (TPSA) is 66.4 Å². The number of anilines is 1. The molecule has 1 amide bonds. The Morgan fingerprint density at radius 3 is 2.53 bits per heavy atom. The Morgan fingerprint density at radius 2 is 1.89 bits per heavy atom. The molecule has 98 valence electrons. The number of hydrogen-bond donors (Lipinski definition) is 2. The summed E-state index contributed by atoms with van der Waals surface area (Å²) in [5.74, 6) is -1.12. The van der Waals surface area contributed by atoms with E-state index in [2.05, 4.69) is 5.32 Å². The molecule has 19 heavy (non-hydrogen) atoms. The summed E-state index contributed by atoms with van der Waals surface area (Å²) in [5.41, 5.74) is 0.938. The first-order chi connectivity index (χ1) is 8.99. The molecule has 2 rings (SSSR count). The SMILES string of the molecule is CC(C)C(=O)Nc1cccc2cc(C(=O)O)ccc12. The molecule has 0 aromatic heterocycles. The van der Waals surface area contributed by atoms with E-state index in [9.17, 15) is 9.59 Å².